The van der Waals surface area contributed by atoms with Gasteiger partial charge in [0.05, 0.1) is 6.07 Å². The predicted octanol–water partition coefficient (Wildman–Crippen LogP) is 2.66. The van der Waals surface area contributed by atoms with Crippen LogP contribution in [0.2, 0.25) is 0 Å². The molecule has 0 radical (unpaired) electrons. The number of hydrogen-bond acceptors (Lipinski definition) is 3. The van der Waals surface area contributed by atoms with Gasteiger partial charge in [0.15, 0.2) is 0 Å². The molecule has 2 nitrogen and oxygen atoms in total. The summed E-state index contributed by atoms with van der Waals surface area (Å²) in [4.78, 5) is 0. The molecular formula is C11H22N2S. The lowest BCUT2D eigenvalue weighted by molar-refractivity contribution is 0.511. The van der Waals surface area contributed by atoms with Crippen LogP contribution in [0.15, 0.2) is 0 Å². The maximum Gasteiger partial charge on any atom is 0.113 e. The molecule has 0 aromatic rings. The first kappa shape index (κ1) is 13.8. The Labute approximate surface area is 92.5 Å². The fraction of sp³-hybridized carbons (Fsp3) is 0.909. The summed E-state index contributed by atoms with van der Waals surface area (Å²) < 4.78 is 0. The van der Waals surface area contributed by atoms with Gasteiger partial charge in [-0.05, 0) is 31.6 Å². The van der Waals surface area contributed by atoms with Crippen molar-refractivity contribution >= 4 is 11.8 Å². The summed E-state index contributed by atoms with van der Waals surface area (Å²) in [7, 11) is 0. The molecule has 0 amide bonds. The minimum absolute atomic E-state index is 0.351. The highest BCUT2D eigenvalue weighted by molar-refractivity contribution is 7.99. The maximum atomic E-state index is 9.00. The molecule has 0 heterocycles. The molecule has 0 aliphatic carbocycles. The minimum atomic E-state index is -0.351. The number of hydrogen-bond donors (Lipinski definition) is 1. The standard InChI is InChI=1S/C11H22N2S/c1-5-13-11(4,8-12)9-14-7-6-10(2)3/h10,13H,5-7,9H2,1-4H3. The summed E-state index contributed by atoms with van der Waals surface area (Å²) in [6.07, 6.45) is 1.23. The molecule has 1 atom stereocenters. The normalized spacial score (nSPS) is 15.1. The molecule has 0 bridgehead atoms. The van der Waals surface area contributed by atoms with E-state index in [1.54, 1.807) is 0 Å². The molecule has 0 aliphatic heterocycles. The lowest BCUT2D eigenvalue weighted by atomic mass is 10.1. The van der Waals surface area contributed by atoms with Gasteiger partial charge in [0.2, 0.25) is 0 Å². The van der Waals surface area contributed by atoms with E-state index >= 15 is 0 Å². The lowest BCUT2D eigenvalue weighted by Gasteiger charge is -2.21. The first-order valence-corrected chi connectivity index (χ1v) is 6.43. The smallest absolute Gasteiger partial charge is 0.113 e. The average Bonchev–Trinajstić information content (AvgIpc) is 2.13. The topological polar surface area (TPSA) is 35.8 Å². The van der Waals surface area contributed by atoms with E-state index in [1.165, 1.54) is 6.42 Å². The SMILES string of the molecule is CCNC(C)(C#N)CSCCC(C)C. The van der Waals surface area contributed by atoms with E-state index < -0.39 is 0 Å². The molecule has 0 aromatic carbocycles. The molecule has 0 rings (SSSR count). The second-order valence-corrected chi connectivity index (χ2v) is 5.31. The molecule has 82 valence electrons. The Morgan fingerprint density at radius 1 is 1.50 bits per heavy atom. The van der Waals surface area contributed by atoms with E-state index in [0.717, 1.165) is 24.0 Å². The van der Waals surface area contributed by atoms with Gasteiger partial charge in [-0.25, -0.2) is 0 Å². The summed E-state index contributed by atoms with van der Waals surface area (Å²) in [6.45, 7) is 9.32. The number of thioether (sulfide) groups is 1. The quantitative estimate of drug-likeness (QED) is 0.662. The number of nitrogens with one attached hydrogen (secondary N) is 1. The van der Waals surface area contributed by atoms with Crippen LogP contribution in [-0.2, 0) is 0 Å². The van der Waals surface area contributed by atoms with Crippen molar-refractivity contribution in [1.29, 1.82) is 5.26 Å². The van der Waals surface area contributed by atoms with Gasteiger partial charge in [-0.15, -0.1) is 0 Å². The first-order valence-electron chi connectivity index (χ1n) is 5.28. The van der Waals surface area contributed by atoms with E-state index in [9.17, 15) is 0 Å². The molecule has 1 N–H and O–H groups in total. The largest absolute Gasteiger partial charge is 0.299 e. The number of rotatable bonds is 7. The highest BCUT2D eigenvalue weighted by Crippen LogP contribution is 2.15. The van der Waals surface area contributed by atoms with Gasteiger partial charge in [-0.3, -0.25) is 5.32 Å². The van der Waals surface area contributed by atoms with E-state index in [0.29, 0.717) is 0 Å². The molecule has 0 aliphatic rings. The van der Waals surface area contributed by atoms with Crippen LogP contribution in [0, 0.1) is 17.2 Å². The van der Waals surface area contributed by atoms with E-state index in [1.807, 2.05) is 25.6 Å². The van der Waals surface area contributed by atoms with Crippen molar-refractivity contribution in [1.82, 2.24) is 5.32 Å². The van der Waals surface area contributed by atoms with Gasteiger partial charge >= 0.3 is 0 Å². The zero-order valence-corrected chi connectivity index (χ0v) is 10.6. The lowest BCUT2D eigenvalue weighted by Crippen LogP contribution is -2.43. The molecular weight excluding hydrogens is 192 g/mol. The third kappa shape index (κ3) is 6.28. The van der Waals surface area contributed by atoms with Gasteiger partial charge in [0.25, 0.3) is 0 Å². The van der Waals surface area contributed by atoms with E-state index in [4.69, 9.17) is 5.26 Å². The van der Waals surface area contributed by atoms with Crippen molar-refractivity contribution < 1.29 is 0 Å². The summed E-state index contributed by atoms with van der Waals surface area (Å²) in [6, 6.07) is 2.34. The summed E-state index contributed by atoms with van der Waals surface area (Å²) >= 11 is 1.87. The summed E-state index contributed by atoms with van der Waals surface area (Å²) in [5.41, 5.74) is -0.351. The second-order valence-electron chi connectivity index (χ2n) is 4.21. The van der Waals surface area contributed by atoms with Crippen LogP contribution in [0.25, 0.3) is 0 Å². The zero-order valence-electron chi connectivity index (χ0n) is 9.76. The Balaban J connectivity index is 3.69. The van der Waals surface area contributed by atoms with Crippen LogP contribution in [0.4, 0.5) is 0 Å². The van der Waals surface area contributed by atoms with Crippen LogP contribution >= 0.6 is 11.8 Å². The van der Waals surface area contributed by atoms with Gasteiger partial charge in [0.1, 0.15) is 5.54 Å². The van der Waals surface area contributed by atoms with Crippen molar-refractivity contribution in [3.63, 3.8) is 0 Å². The van der Waals surface area contributed by atoms with Crippen molar-refractivity contribution in [3.05, 3.63) is 0 Å². The van der Waals surface area contributed by atoms with Crippen molar-refractivity contribution in [2.24, 2.45) is 5.92 Å². The third-order valence-corrected chi connectivity index (χ3v) is 3.35. The highest BCUT2D eigenvalue weighted by Gasteiger charge is 2.21. The molecule has 0 saturated heterocycles. The number of nitriles is 1. The maximum absolute atomic E-state index is 9.00. The molecule has 0 saturated carbocycles. The Hall–Kier alpha value is -0.200. The summed E-state index contributed by atoms with van der Waals surface area (Å²) in [5, 5.41) is 12.2. The van der Waals surface area contributed by atoms with Gasteiger partial charge < -0.3 is 0 Å². The van der Waals surface area contributed by atoms with Crippen LogP contribution in [-0.4, -0.2) is 23.6 Å². The van der Waals surface area contributed by atoms with Crippen molar-refractivity contribution in [2.75, 3.05) is 18.1 Å². The van der Waals surface area contributed by atoms with Crippen LogP contribution in [0.3, 0.4) is 0 Å². The monoisotopic (exact) mass is 214 g/mol. The Bertz CT molecular complexity index is 186. The Morgan fingerprint density at radius 3 is 2.57 bits per heavy atom. The number of nitrogens with zero attached hydrogens (tertiary/aromatic N) is 1. The first-order chi connectivity index (χ1) is 6.54. The second kappa shape index (κ2) is 7.14. The van der Waals surface area contributed by atoms with Crippen molar-refractivity contribution in [3.8, 4) is 6.07 Å². The highest BCUT2D eigenvalue weighted by atomic mass is 32.2. The molecule has 0 fully saturated rings. The predicted molar refractivity (Wildman–Crippen MR) is 64.5 cm³/mol. The van der Waals surface area contributed by atoms with Gasteiger partial charge in [-0.1, -0.05) is 20.8 Å². The summed E-state index contributed by atoms with van der Waals surface area (Å²) in [5.74, 6) is 2.79. The molecule has 1 unspecified atom stereocenters. The van der Waals surface area contributed by atoms with Crippen LogP contribution in [0.1, 0.15) is 34.1 Å². The van der Waals surface area contributed by atoms with Crippen LogP contribution < -0.4 is 5.32 Å². The van der Waals surface area contributed by atoms with Gasteiger partial charge in [-0.2, -0.15) is 17.0 Å². The molecule has 14 heavy (non-hydrogen) atoms. The average molecular weight is 214 g/mol. The Kier molecular flexibility index (Phi) is 7.04. The molecule has 0 spiro atoms. The minimum Gasteiger partial charge on any atom is -0.299 e. The fourth-order valence-corrected chi connectivity index (χ4v) is 2.47. The van der Waals surface area contributed by atoms with Crippen molar-refractivity contribution in [2.45, 2.75) is 39.7 Å². The fourth-order valence-electron chi connectivity index (χ4n) is 1.11. The zero-order chi connectivity index (χ0) is 11.0. The molecule has 0 aromatic heterocycles. The van der Waals surface area contributed by atoms with Crippen LogP contribution in [0.5, 0.6) is 0 Å². The van der Waals surface area contributed by atoms with E-state index in [2.05, 4.69) is 25.2 Å². The Morgan fingerprint density at radius 2 is 2.14 bits per heavy atom. The molecule has 3 heteroatoms. The van der Waals surface area contributed by atoms with Gasteiger partial charge in [0, 0.05) is 5.75 Å². The third-order valence-electron chi connectivity index (χ3n) is 2.04. The van der Waals surface area contributed by atoms with E-state index in [-0.39, 0.29) is 5.54 Å².